The van der Waals surface area contributed by atoms with Crippen LogP contribution in [0.2, 0.25) is 0 Å². The molecule has 0 unspecified atom stereocenters. The number of ether oxygens (including phenoxy) is 2. The number of hydrogen-bond donors (Lipinski definition) is 2. The highest BCUT2D eigenvalue weighted by Gasteiger charge is 2.33. The van der Waals surface area contributed by atoms with Crippen molar-refractivity contribution in [3.63, 3.8) is 0 Å². The van der Waals surface area contributed by atoms with Gasteiger partial charge >= 0.3 is 6.18 Å². The molecule has 0 saturated carbocycles. The number of nitrogens with one attached hydrogen (secondary N) is 2. The summed E-state index contributed by atoms with van der Waals surface area (Å²) in [5.74, 6) is 0.651. The molecule has 0 saturated heterocycles. The topological polar surface area (TPSA) is 58.1 Å². The van der Waals surface area contributed by atoms with Crippen LogP contribution < -0.4 is 15.4 Å². The third-order valence-corrected chi connectivity index (χ3v) is 4.05. The van der Waals surface area contributed by atoms with E-state index in [1.165, 1.54) is 19.2 Å². The van der Waals surface area contributed by atoms with Gasteiger partial charge in [0.1, 0.15) is 5.75 Å². The van der Waals surface area contributed by atoms with Gasteiger partial charge in [-0.05, 0) is 38.1 Å². The van der Waals surface area contributed by atoms with Gasteiger partial charge in [-0.3, -0.25) is 0 Å². The number of alkyl halides is 3. The molecule has 0 aliphatic rings. The minimum atomic E-state index is -4.46. The molecule has 1 aromatic carbocycles. The van der Waals surface area contributed by atoms with E-state index in [0.29, 0.717) is 25.7 Å². The van der Waals surface area contributed by atoms with Crippen molar-refractivity contribution in [2.45, 2.75) is 26.1 Å². The van der Waals surface area contributed by atoms with Gasteiger partial charge in [0.25, 0.3) is 0 Å². The number of methoxy groups -OCH3 is 2. The van der Waals surface area contributed by atoms with Crippen molar-refractivity contribution in [2.75, 3.05) is 54.1 Å². The van der Waals surface area contributed by atoms with Crippen molar-refractivity contribution in [2.24, 2.45) is 4.99 Å². The maximum absolute atomic E-state index is 13.3. The van der Waals surface area contributed by atoms with E-state index in [1.54, 1.807) is 7.11 Å². The lowest BCUT2D eigenvalue weighted by Gasteiger charge is -2.18. The summed E-state index contributed by atoms with van der Waals surface area (Å²) < 4.78 is 49.9. The molecule has 0 spiro atoms. The summed E-state index contributed by atoms with van der Waals surface area (Å²) in [6, 6.07) is 3.91. The first-order valence-corrected chi connectivity index (χ1v) is 9.25. The standard InChI is InChI=1S/C19H31F3N4O2/c1-5-23-18(24-9-11-26(2)10-6-12-27-3)25-14-15-7-8-16(28-4)13-17(15)19(20,21)22/h7-8,13H,5-6,9-12,14H2,1-4H3,(H2,23,24,25). The number of guanidine groups is 1. The lowest BCUT2D eigenvalue weighted by atomic mass is 10.1. The SMILES string of the molecule is CCNC(=NCc1ccc(OC)cc1C(F)(F)F)NCCN(C)CCCOC. The van der Waals surface area contributed by atoms with Crippen molar-refractivity contribution in [3.05, 3.63) is 29.3 Å². The predicted octanol–water partition coefficient (Wildman–Crippen LogP) is 2.74. The monoisotopic (exact) mass is 404 g/mol. The van der Waals surface area contributed by atoms with Crippen LogP contribution in [-0.4, -0.2) is 64.9 Å². The second-order valence-electron chi connectivity index (χ2n) is 6.29. The Balaban J connectivity index is 2.72. The third kappa shape index (κ3) is 8.79. The van der Waals surface area contributed by atoms with Gasteiger partial charge in [0.2, 0.25) is 0 Å². The highest BCUT2D eigenvalue weighted by molar-refractivity contribution is 5.79. The zero-order valence-electron chi connectivity index (χ0n) is 17.0. The lowest BCUT2D eigenvalue weighted by Crippen LogP contribution is -2.41. The van der Waals surface area contributed by atoms with Crippen LogP contribution in [0.5, 0.6) is 5.75 Å². The number of likely N-dealkylation sites (N-methyl/N-ethyl adjacent to an activating group) is 1. The molecule has 28 heavy (non-hydrogen) atoms. The first-order chi connectivity index (χ1) is 13.3. The van der Waals surface area contributed by atoms with Crippen LogP contribution in [0.3, 0.4) is 0 Å². The molecule has 0 atom stereocenters. The summed E-state index contributed by atoms with van der Waals surface area (Å²) in [5.41, 5.74) is -0.633. The Morgan fingerprint density at radius 3 is 2.54 bits per heavy atom. The Morgan fingerprint density at radius 2 is 1.93 bits per heavy atom. The van der Waals surface area contributed by atoms with E-state index in [0.717, 1.165) is 25.6 Å². The first kappa shape index (κ1) is 24.0. The van der Waals surface area contributed by atoms with Crippen molar-refractivity contribution in [1.29, 1.82) is 0 Å². The molecule has 0 heterocycles. The van der Waals surface area contributed by atoms with Crippen LogP contribution >= 0.6 is 0 Å². The van der Waals surface area contributed by atoms with Gasteiger partial charge in [-0.25, -0.2) is 4.99 Å². The summed E-state index contributed by atoms with van der Waals surface area (Å²) >= 11 is 0. The molecule has 0 bridgehead atoms. The smallest absolute Gasteiger partial charge is 0.416 e. The minimum absolute atomic E-state index is 0.0855. The van der Waals surface area contributed by atoms with E-state index in [1.807, 2.05) is 14.0 Å². The second kappa shape index (κ2) is 12.5. The van der Waals surface area contributed by atoms with Gasteiger partial charge in [-0.2, -0.15) is 13.2 Å². The molecule has 1 rings (SSSR count). The van der Waals surface area contributed by atoms with Crippen LogP contribution in [0.4, 0.5) is 13.2 Å². The summed E-state index contributed by atoms with van der Waals surface area (Å²) in [6.45, 7) is 5.47. The van der Waals surface area contributed by atoms with E-state index in [2.05, 4.69) is 20.5 Å². The average molecular weight is 404 g/mol. The maximum Gasteiger partial charge on any atom is 0.416 e. The van der Waals surface area contributed by atoms with Crippen LogP contribution in [0, 0.1) is 0 Å². The highest BCUT2D eigenvalue weighted by atomic mass is 19.4. The molecular weight excluding hydrogens is 373 g/mol. The Morgan fingerprint density at radius 1 is 1.18 bits per heavy atom. The van der Waals surface area contributed by atoms with Gasteiger partial charge in [0, 0.05) is 39.9 Å². The molecule has 0 radical (unpaired) electrons. The van der Waals surface area contributed by atoms with E-state index >= 15 is 0 Å². The van der Waals surface area contributed by atoms with Crippen LogP contribution in [-0.2, 0) is 17.5 Å². The Bertz CT molecular complexity index is 609. The van der Waals surface area contributed by atoms with Gasteiger partial charge < -0.3 is 25.0 Å². The summed E-state index contributed by atoms with van der Waals surface area (Å²) in [4.78, 5) is 6.45. The Labute approximate surface area is 165 Å². The van der Waals surface area contributed by atoms with Crippen molar-refractivity contribution in [1.82, 2.24) is 15.5 Å². The zero-order valence-corrected chi connectivity index (χ0v) is 17.0. The summed E-state index contributed by atoms with van der Waals surface area (Å²) in [6.07, 6.45) is -3.52. The van der Waals surface area contributed by atoms with E-state index in [4.69, 9.17) is 9.47 Å². The number of benzene rings is 1. The largest absolute Gasteiger partial charge is 0.497 e. The Hall–Kier alpha value is -2.00. The quantitative estimate of drug-likeness (QED) is 0.337. The van der Waals surface area contributed by atoms with Crippen molar-refractivity contribution >= 4 is 5.96 Å². The number of halogens is 3. The molecule has 160 valence electrons. The Kier molecular flexibility index (Phi) is 10.7. The molecule has 0 aromatic heterocycles. The molecule has 0 fully saturated rings. The average Bonchev–Trinajstić information content (AvgIpc) is 2.65. The third-order valence-electron chi connectivity index (χ3n) is 4.05. The van der Waals surface area contributed by atoms with Gasteiger partial charge in [-0.1, -0.05) is 6.07 Å². The lowest BCUT2D eigenvalue weighted by molar-refractivity contribution is -0.138. The van der Waals surface area contributed by atoms with Crippen molar-refractivity contribution in [3.8, 4) is 5.75 Å². The minimum Gasteiger partial charge on any atom is -0.497 e. The van der Waals surface area contributed by atoms with Gasteiger partial charge in [-0.15, -0.1) is 0 Å². The number of rotatable bonds is 11. The van der Waals surface area contributed by atoms with Crippen LogP contribution in [0.25, 0.3) is 0 Å². The summed E-state index contributed by atoms with van der Waals surface area (Å²) in [7, 11) is 5.02. The number of aliphatic imine (C=N–C) groups is 1. The van der Waals surface area contributed by atoms with E-state index in [9.17, 15) is 13.2 Å². The molecule has 1 aromatic rings. The number of hydrogen-bond acceptors (Lipinski definition) is 4. The van der Waals surface area contributed by atoms with Crippen molar-refractivity contribution < 1.29 is 22.6 Å². The summed E-state index contributed by atoms with van der Waals surface area (Å²) in [5, 5.41) is 6.21. The zero-order chi connectivity index (χ0) is 21.0. The molecule has 0 amide bonds. The first-order valence-electron chi connectivity index (χ1n) is 9.25. The number of nitrogens with zero attached hydrogens (tertiary/aromatic N) is 2. The maximum atomic E-state index is 13.3. The fourth-order valence-corrected chi connectivity index (χ4v) is 2.55. The van der Waals surface area contributed by atoms with Gasteiger partial charge in [0.05, 0.1) is 19.2 Å². The molecule has 0 aliphatic heterocycles. The normalized spacial score (nSPS) is 12.4. The molecule has 0 aliphatic carbocycles. The molecule has 6 nitrogen and oxygen atoms in total. The molecule has 9 heteroatoms. The fourth-order valence-electron chi connectivity index (χ4n) is 2.55. The fraction of sp³-hybridized carbons (Fsp3) is 0.632. The molecular formula is C19H31F3N4O2. The van der Waals surface area contributed by atoms with Gasteiger partial charge in [0.15, 0.2) is 5.96 Å². The van der Waals surface area contributed by atoms with E-state index in [-0.39, 0.29) is 17.9 Å². The van der Waals surface area contributed by atoms with Crippen LogP contribution in [0.1, 0.15) is 24.5 Å². The van der Waals surface area contributed by atoms with Crippen LogP contribution in [0.15, 0.2) is 23.2 Å². The molecule has 2 N–H and O–H groups in total. The van der Waals surface area contributed by atoms with E-state index < -0.39 is 11.7 Å². The highest BCUT2D eigenvalue weighted by Crippen LogP contribution is 2.34. The second-order valence-corrected chi connectivity index (χ2v) is 6.29. The predicted molar refractivity (Wildman–Crippen MR) is 105 cm³/mol.